The molecule has 0 aliphatic rings. The number of hydrogen-bond acceptors (Lipinski definition) is 2. The molecule has 0 saturated carbocycles. The molecular formula is C15H24N2O. The van der Waals surface area contributed by atoms with Crippen molar-refractivity contribution in [1.29, 1.82) is 0 Å². The second-order valence-electron chi connectivity index (χ2n) is 4.69. The number of hydrogen-bond donors (Lipinski definition) is 1. The largest absolute Gasteiger partial charge is 0.376 e. The number of likely N-dealkylation sites (N-methyl/N-ethyl adjacent to an activating group) is 1. The smallest absolute Gasteiger partial charge is 0.241 e. The molecule has 18 heavy (non-hydrogen) atoms. The molecule has 1 rings (SSSR count). The first kappa shape index (κ1) is 14.6. The minimum absolute atomic E-state index is 0.152. The van der Waals surface area contributed by atoms with Crippen molar-refractivity contribution in [2.24, 2.45) is 0 Å². The van der Waals surface area contributed by atoms with Crippen LogP contribution in [0.4, 0.5) is 5.69 Å². The van der Waals surface area contributed by atoms with E-state index in [0.29, 0.717) is 6.54 Å². The van der Waals surface area contributed by atoms with Crippen molar-refractivity contribution in [2.75, 3.05) is 25.0 Å². The number of rotatable bonds is 5. The predicted octanol–water partition coefficient (Wildman–Crippen LogP) is 2.89. The number of carbonyl (C=O) groups is 1. The van der Waals surface area contributed by atoms with Gasteiger partial charge < -0.3 is 10.2 Å². The Bertz CT molecular complexity index is 399. The summed E-state index contributed by atoms with van der Waals surface area (Å²) in [6.07, 6.45) is 0. The Labute approximate surface area is 110 Å². The third kappa shape index (κ3) is 3.49. The summed E-state index contributed by atoms with van der Waals surface area (Å²) in [4.78, 5) is 13.8. The lowest BCUT2D eigenvalue weighted by molar-refractivity contribution is -0.128. The summed E-state index contributed by atoms with van der Waals surface area (Å²) >= 11 is 0. The summed E-state index contributed by atoms with van der Waals surface area (Å²) in [5.41, 5.74) is 4.73. The van der Waals surface area contributed by atoms with Crippen LogP contribution in [0.1, 0.15) is 30.5 Å². The standard InChI is InChI=1S/C15H24N2O/c1-6-17(7-2)14(18)10-16-15-12(4)8-11(3)9-13(15)5/h8-9,16H,6-7,10H2,1-5H3. The Balaban J connectivity index is 2.72. The number of carbonyl (C=O) groups excluding carboxylic acids is 1. The zero-order valence-corrected chi connectivity index (χ0v) is 12.1. The van der Waals surface area contributed by atoms with Crippen LogP contribution in [0.3, 0.4) is 0 Å². The van der Waals surface area contributed by atoms with Gasteiger partial charge in [-0.15, -0.1) is 0 Å². The zero-order chi connectivity index (χ0) is 13.7. The topological polar surface area (TPSA) is 32.3 Å². The van der Waals surface area contributed by atoms with Gasteiger partial charge in [0, 0.05) is 18.8 Å². The van der Waals surface area contributed by atoms with E-state index in [1.54, 1.807) is 0 Å². The molecule has 0 heterocycles. The van der Waals surface area contributed by atoms with Crippen LogP contribution in [0, 0.1) is 20.8 Å². The first-order valence-electron chi connectivity index (χ1n) is 6.59. The third-order valence-corrected chi connectivity index (χ3v) is 3.21. The number of aryl methyl sites for hydroxylation is 3. The summed E-state index contributed by atoms with van der Waals surface area (Å²) in [6, 6.07) is 4.27. The zero-order valence-electron chi connectivity index (χ0n) is 12.1. The van der Waals surface area contributed by atoms with Gasteiger partial charge in [0.25, 0.3) is 0 Å². The Morgan fingerprint density at radius 1 is 1.11 bits per heavy atom. The molecule has 3 heteroatoms. The molecule has 0 spiro atoms. The molecule has 100 valence electrons. The highest BCUT2D eigenvalue weighted by molar-refractivity contribution is 5.81. The summed E-state index contributed by atoms with van der Waals surface area (Å²) in [5.74, 6) is 0.152. The van der Waals surface area contributed by atoms with Gasteiger partial charge in [-0.2, -0.15) is 0 Å². The molecule has 0 radical (unpaired) electrons. The van der Waals surface area contributed by atoms with Crippen LogP contribution in [0.5, 0.6) is 0 Å². The number of anilines is 1. The van der Waals surface area contributed by atoms with Gasteiger partial charge in [-0.1, -0.05) is 17.7 Å². The Morgan fingerprint density at radius 3 is 2.06 bits per heavy atom. The van der Waals surface area contributed by atoms with E-state index in [4.69, 9.17) is 0 Å². The monoisotopic (exact) mass is 248 g/mol. The molecule has 1 N–H and O–H groups in total. The molecule has 1 amide bonds. The highest BCUT2D eigenvalue weighted by Crippen LogP contribution is 2.21. The predicted molar refractivity (Wildman–Crippen MR) is 77.1 cm³/mol. The van der Waals surface area contributed by atoms with Crippen molar-refractivity contribution in [3.63, 3.8) is 0 Å². The highest BCUT2D eigenvalue weighted by atomic mass is 16.2. The number of nitrogens with one attached hydrogen (secondary N) is 1. The minimum atomic E-state index is 0.152. The maximum Gasteiger partial charge on any atom is 0.241 e. The van der Waals surface area contributed by atoms with Gasteiger partial charge in [0.1, 0.15) is 0 Å². The minimum Gasteiger partial charge on any atom is -0.376 e. The molecule has 3 nitrogen and oxygen atoms in total. The summed E-state index contributed by atoms with van der Waals surface area (Å²) in [5, 5.41) is 3.27. The lowest BCUT2D eigenvalue weighted by atomic mass is 10.1. The molecule has 1 aromatic carbocycles. The van der Waals surface area contributed by atoms with Gasteiger partial charge in [-0.25, -0.2) is 0 Å². The van der Waals surface area contributed by atoms with E-state index in [9.17, 15) is 4.79 Å². The van der Waals surface area contributed by atoms with E-state index in [1.807, 2.05) is 18.7 Å². The fourth-order valence-electron chi connectivity index (χ4n) is 2.31. The number of nitrogens with zero attached hydrogens (tertiary/aromatic N) is 1. The van der Waals surface area contributed by atoms with Gasteiger partial charge in [0.05, 0.1) is 6.54 Å². The molecule has 0 fully saturated rings. The van der Waals surface area contributed by atoms with Gasteiger partial charge >= 0.3 is 0 Å². The van der Waals surface area contributed by atoms with E-state index in [0.717, 1.165) is 18.8 Å². The normalized spacial score (nSPS) is 10.3. The van der Waals surface area contributed by atoms with Crippen LogP contribution >= 0.6 is 0 Å². The van der Waals surface area contributed by atoms with Gasteiger partial charge in [0.2, 0.25) is 5.91 Å². The van der Waals surface area contributed by atoms with Gasteiger partial charge in [0.15, 0.2) is 0 Å². The fraction of sp³-hybridized carbons (Fsp3) is 0.533. The van der Waals surface area contributed by atoms with E-state index in [1.165, 1.54) is 16.7 Å². The van der Waals surface area contributed by atoms with Crippen LogP contribution in [0.15, 0.2) is 12.1 Å². The SMILES string of the molecule is CCN(CC)C(=O)CNc1c(C)cc(C)cc1C. The van der Waals surface area contributed by atoms with Crippen molar-refractivity contribution in [3.8, 4) is 0 Å². The van der Waals surface area contributed by atoms with Crippen LogP contribution in [0.2, 0.25) is 0 Å². The van der Waals surface area contributed by atoms with E-state index >= 15 is 0 Å². The van der Waals surface area contributed by atoms with Crippen molar-refractivity contribution in [3.05, 3.63) is 28.8 Å². The van der Waals surface area contributed by atoms with E-state index < -0.39 is 0 Å². The lowest BCUT2D eigenvalue weighted by Crippen LogP contribution is -2.35. The molecule has 0 atom stereocenters. The second kappa shape index (κ2) is 6.43. The summed E-state index contributed by atoms with van der Waals surface area (Å²) in [7, 11) is 0. The number of amides is 1. The highest BCUT2D eigenvalue weighted by Gasteiger charge is 2.10. The van der Waals surface area contributed by atoms with Crippen LogP contribution in [-0.4, -0.2) is 30.4 Å². The first-order valence-corrected chi connectivity index (χ1v) is 6.59. The second-order valence-corrected chi connectivity index (χ2v) is 4.69. The Hall–Kier alpha value is -1.51. The third-order valence-electron chi connectivity index (χ3n) is 3.21. The van der Waals surface area contributed by atoms with Crippen molar-refractivity contribution < 1.29 is 4.79 Å². The summed E-state index contributed by atoms with van der Waals surface area (Å²) in [6.45, 7) is 12.1. The fourth-order valence-corrected chi connectivity index (χ4v) is 2.31. The van der Waals surface area contributed by atoms with E-state index in [2.05, 4.69) is 38.2 Å². The van der Waals surface area contributed by atoms with Crippen LogP contribution in [0.25, 0.3) is 0 Å². The summed E-state index contributed by atoms with van der Waals surface area (Å²) < 4.78 is 0. The average molecular weight is 248 g/mol. The molecule has 0 aliphatic carbocycles. The molecule has 0 unspecified atom stereocenters. The molecular weight excluding hydrogens is 224 g/mol. The Kier molecular flexibility index (Phi) is 5.20. The van der Waals surface area contributed by atoms with Crippen LogP contribution < -0.4 is 5.32 Å². The quantitative estimate of drug-likeness (QED) is 0.869. The average Bonchev–Trinajstić information content (AvgIpc) is 2.29. The number of benzene rings is 1. The molecule has 0 saturated heterocycles. The van der Waals surface area contributed by atoms with Gasteiger partial charge in [-0.05, 0) is 45.7 Å². The van der Waals surface area contributed by atoms with Crippen molar-refractivity contribution in [2.45, 2.75) is 34.6 Å². The van der Waals surface area contributed by atoms with Crippen molar-refractivity contribution in [1.82, 2.24) is 4.90 Å². The molecule has 0 bridgehead atoms. The first-order chi connectivity index (χ1) is 8.49. The van der Waals surface area contributed by atoms with Crippen LogP contribution in [-0.2, 0) is 4.79 Å². The molecule has 0 aliphatic heterocycles. The lowest BCUT2D eigenvalue weighted by Gasteiger charge is -2.20. The van der Waals surface area contributed by atoms with Gasteiger partial charge in [-0.3, -0.25) is 4.79 Å². The maximum absolute atomic E-state index is 11.9. The molecule has 0 aromatic heterocycles. The Morgan fingerprint density at radius 2 is 1.61 bits per heavy atom. The van der Waals surface area contributed by atoms with Crippen molar-refractivity contribution >= 4 is 11.6 Å². The molecule has 1 aromatic rings. The van der Waals surface area contributed by atoms with E-state index in [-0.39, 0.29) is 5.91 Å². The maximum atomic E-state index is 11.9.